The lowest BCUT2D eigenvalue weighted by molar-refractivity contribution is 0.0217. The van der Waals surface area contributed by atoms with E-state index in [-0.39, 0.29) is 36.6 Å². The van der Waals surface area contributed by atoms with Crippen molar-refractivity contribution >= 4 is 18.1 Å². The van der Waals surface area contributed by atoms with Crippen LogP contribution in [0.1, 0.15) is 77.6 Å². The van der Waals surface area contributed by atoms with Crippen LogP contribution in [0, 0.1) is 23.5 Å². The number of nitrogens with one attached hydrogen (secondary N) is 1. The van der Waals surface area contributed by atoms with Gasteiger partial charge in [0.1, 0.15) is 22.8 Å². The zero-order chi connectivity index (χ0) is 33.5. The third-order valence-corrected chi connectivity index (χ3v) is 9.31. The summed E-state index contributed by atoms with van der Waals surface area (Å²) in [6, 6.07) is 3.19. The van der Waals surface area contributed by atoms with Gasteiger partial charge in [0.25, 0.3) is 0 Å². The summed E-state index contributed by atoms with van der Waals surface area (Å²) in [6.45, 7) is 11.0. The average molecular weight is 656 g/mol. The largest absolute Gasteiger partial charge is 0.487 e. The Morgan fingerprint density at radius 2 is 1.77 bits per heavy atom. The Bertz CT molecular complexity index is 1550. The smallest absolute Gasteiger partial charge is 0.407 e. The molecule has 4 atom stereocenters. The molecule has 47 heavy (non-hydrogen) atoms. The van der Waals surface area contributed by atoms with E-state index >= 15 is 0 Å². The minimum atomic E-state index is -1.06. The van der Waals surface area contributed by atoms with Crippen LogP contribution in [-0.2, 0) is 10.3 Å². The number of aliphatic hydroxyl groups is 1. The summed E-state index contributed by atoms with van der Waals surface area (Å²) in [7, 11) is 0. The van der Waals surface area contributed by atoms with Crippen molar-refractivity contribution in [3.8, 4) is 5.75 Å². The SMILES string of the molecule is C[C@H](Oc1cnc(N2C[C@H](NC(=O)OC(C)(C)C)[C@@H](c3cc(F)ccc3F)C2)nc1)C1CCN(c2nc(C(C)(O)C3CC3)no2)CC1. The summed E-state index contributed by atoms with van der Waals surface area (Å²) < 4.78 is 46.1. The van der Waals surface area contributed by atoms with Gasteiger partial charge in [0.05, 0.1) is 24.5 Å². The molecule has 3 fully saturated rings. The molecule has 2 saturated heterocycles. The Balaban J connectivity index is 1.05. The van der Waals surface area contributed by atoms with Crippen molar-refractivity contribution in [2.75, 3.05) is 36.0 Å². The van der Waals surface area contributed by atoms with Gasteiger partial charge in [-0.25, -0.2) is 23.5 Å². The van der Waals surface area contributed by atoms with E-state index < -0.39 is 40.9 Å². The predicted molar refractivity (Wildman–Crippen MR) is 168 cm³/mol. The van der Waals surface area contributed by atoms with Crippen LogP contribution in [0.15, 0.2) is 35.1 Å². The van der Waals surface area contributed by atoms with Crippen LogP contribution >= 0.6 is 0 Å². The lowest BCUT2D eigenvalue weighted by Crippen LogP contribution is -2.43. The van der Waals surface area contributed by atoms with E-state index in [9.17, 15) is 18.7 Å². The number of hydrogen-bond acceptors (Lipinski definition) is 11. The molecule has 2 aromatic heterocycles. The van der Waals surface area contributed by atoms with Crippen LogP contribution in [0.25, 0.3) is 0 Å². The molecular formula is C33H43F2N7O5. The van der Waals surface area contributed by atoms with Crippen LogP contribution in [0.4, 0.5) is 25.5 Å². The molecule has 1 saturated carbocycles. The van der Waals surface area contributed by atoms with Gasteiger partial charge in [-0.3, -0.25) is 0 Å². The summed E-state index contributed by atoms with van der Waals surface area (Å²) in [6.07, 6.45) is 6.12. The van der Waals surface area contributed by atoms with E-state index in [4.69, 9.17) is 14.0 Å². The number of rotatable bonds is 9. The molecule has 14 heteroatoms. The molecule has 3 aromatic rings. The molecule has 6 rings (SSSR count). The highest BCUT2D eigenvalue weighted by molar-refractivity contribution is 5.68. The average Bonchev–Trinajstić information content (AvgIpc) is 3.63. The van der Waals surface area contributed by atoms with E-state index in [1.807, 2.05) is 16.7 Å². The first-order chi connectivity index (χ1) is 22.3. The molecule has 1 aromatic carbocycles. The van der Waals surface area contributed by atoms with Crippen molar-refractivity contribution in [2.45, 2.75) is 89.6 Å². The molecule has 1 unspecified atom stereocenters. The quantitative estimate of drug-likeness (QED) is 0.324. The zero-order valence-electron chi connectivity index (χ0n) is 27.4. The van der Waals surface area contributed by atoms with Gasteiger partial charge in [-0.15, -0.1) is 0 Å². The molecule has 3 aliphatic rings. The van der Waals surface area contributed by atoms with Crippen LogP contribution in [-0.4, -0.2) is 75.2 Å². The number of nitrogens with zero attached hydrogens (tertiary/aromatic N) is 6. The fourth-order valence-corrected chi connectivity index (χ4v) is 6.47. The normalized spacial score (nSPS) is 22.6. The first-order valence-electron chi connectivity index (χ1n) is 16.3. The maximum Gasteiger partial charge on any atom is 0.407 e. The van der Waals surface area contributed by atoms with Crippen LogP contribution in [0.3, 0.4) is 0 Å². The number of alkyl carbamates (subject to hydrolysis) is 1. The predicted octanol–water partition coefficient (Wildman–Crippen LogP) is 4.94. The zero-order valence-corrected chi connectivity index (χ0v) is 27.4. The number of carbonyl (C=O) groups excluding carboxylic acids is 1. The van der Waals surface area contributed by atoms with Gasteiger partial charge in [0, 0.05) is 32.1 Å². The van der Waals surface area contributed by atoms with Gasteiger partial charge in [-0.05, 0) is 95.9 Å². The lowest BCUT2D eigenvalue weighted by Gasteiger charge is -2.33. The number of carbonyl (C=O) groups is 1. The van der Waals surface area contributed by atoms with Crippen molar-refractivity contribution < 1.29 is 32.7 Å². The fraction of sp³-hybridized carbons (Fsp3) is 0.606. The molecule has 12 nitrogen and oxygen atoms in total. The molecule has 2 N–H and O–H groups in total. The number of ether oxygens (including phenoxy) is 2. The number of aromatic nitrogens is 4. The highest BCUT2D eigenvalue weighted by atomic mass is 19.1. The van der Waals surface area contributed by atoms with Crippen molar-refractivity contribution in [3.63, 3.8) is 0 Å². The maximum absolute atomic E-state index is 14.8. The minimum Gasteiger partial charge on any atom is -0.487 e. The first kappa shape index (κ1) is 32.9. The van der Waals surface area contributed by atoms with Gasteiger partial charge >= 0.3 is 12.1 Å². The van der Waals surface area contributed by atoms with Crippen molar-refractivity contribution in [1.82, 2.24) is 25.4 Å². The van der Waals surface area contributed by atoms with Crippen molar-refractivity contribution in [1.29, 1.82) is 0 Å². The maximum atomic E-state index is 14.8. The van der Waals surface area contributed by atoms with Crippen LogP contribution in [0.5, 0.6) is 5.75 Å². The third kappa shape index (κ3) is 7.58. The molecule has 4 heterocycles. The molecule has 1 amide bonds. The van der Waals surface area contributed by atoms with Gasteiger partial charge in [0.2, 0.25) is 11.8 Å². The fourth-order valence-electron chi connectivity index (χ4n) is 6.47. The van der Waals surface area contributed by atoms with Gasteiger partial charge in [0.15, 0.2) is 5.75 Å². The van der Waals surface area contributed by atoms with Gasteiger partial charge in [-0.2, -0.15) is 4.98 Å². The minimum absolute atomic E-state index is 0.102. The summed E-state index contributed by atoms with van der Waals surface area (Å²) >= 11 is 0. The number of hydrogen-bond donors (Lipinski definition) is 2. The molecule has 0 bridgehead atoms. The number of halogens is 2. The molecule has 0 radical (unpaired) electrons. The van der Waals surface area contributed by atoms with E-state index in [1.165, 1.54) is 0 Å². The van der Waals surface area contributed by atoms with E-state index in [1.54, 1.807) is 40.1 Å². The molecule has 2 aliphatic heterocycles. The van der Waals surface area contributed by atoms with Gasteiger partial charge in [-0.1, -0.05) is 5.16 Å². The standard InChI is InChI=1S/C33H43F2N7O5/c1-19(20-10-12-41(13-11-20)30-39-28(40-47-30)33(5,44)21-6-7-21)45-23-15-36-29(37-16-23)42-17-25(24-14-22(34)8-9-26(24)35)27(18-42)38-31(43)46-32(2,3)4/h8-9,14-16,19-21,25,27,44H,6-7,10-13,17-18H2,1-5H3,(H,38,43)/t19-,25+,27-,33?/m0/s1. The van der Waals surface area contributed by atoms with Crippen LogP contribution < -0.4 is 19.9 Å². The number of benzene rings is 1. The lowest BCUT2D eigenvalue weighted by atomic mass is 9.92. The summed E-state index contributed by atoms with van der Waals surface area (Å²) in [5.74, 6) is 0.0352. The second kappa shape index (κ2) is 12.9. The Morgan fingerprint density at radius 3 is 2.43 bits per heavy atom. The molecule has 0 spiro atoms. The number of piperidine rings is 1. The third-order valence-electron chi connectivity index (χ3n) is 9.31. The number of amides is 1. The summed E-state index contributed by atoms with van der Waals surface area (Å²) in [5, 5.41) is 17.6. The summed E-state index contributed by atoms with van der Waals surface area (Å²) in [4.78, 5) is 30.0. The Labute approximate surface area is 272 Å². The van der Waals surface area contributed by atoms with E-state index in [0.29, 0.717) is 23.5 Å². The van der Waals surface area contributed by atoms with Crippen molar-refractivity contribution in [2.24, 2.45) is 11.8 Å². The van der Waals surface area contributed by atoms with E-state index in [0.717, 1.165) is 57.0 Å². The molecular weight excluding hydrogens is 612 g/mol. The highest BCUT2D eigenvalue weighted by Gasteiger charge is 2.45. The highest BCUT2D eigenvalue weighted by Crippen LogP contribution is 2.44. The van der Waals surface area contributed by atoms with Crippen molar-refractivity contribution in [3.05, 3.63) is 53.6 Å². The Kier molecular flexibility index (Phi) is 8.98. The second-order valence-corrected chi connectivity index (χ2v) is 14.1. The summed E-state index contributed by atoms with van der Waals surface area (Å²) in [5.41, 5.74) is -1.61. The second-order valence-electron chi connectivity index (χ2n) is 14.1. The Hall–Kier alpha value is -4.07. The number of anilines is 2. The molecule has 1 aliphatic carbocycles. The molecule has 254 valence electrons. The van der Waals surface area contributed by atoms with Gasteiger partial charge < -0.3 is 34.2 Å². The topological polar surface area (TPSA) is 139 Å². The van der Waals surface area contributed by atoms with Crippen LogP contribution in [0.2, 0.25) is 0 Å². The monoisotopic (exact) mass is 655 g/mol. The first-order valence-corrected chi connectivity index (χ1v) is 16.3. The van der Waals surface area contributed by atoms with E-state index in [2.05, 4.69) is 25.4 Å². The Morgan fingerprint density at radius 1 is 1.06 bits per heavy atom.